The highest BCUT2D eigenvalue weighted by molar-refractivity contribution is 6.35. The SMILES string of the molecule is CCC(CC)N(CC(C)C)C(CN)c1ccc(Cl)cc1Cl. The van der Waals surface area contributed by atoms with Gasteiger partial charge in [0.1, 0.15) is 0 Å². The van der Waals surface area contributed by atoms with Crippen LogP contribution in [0.25, 0.3) is 0 Å². The van der Waals surface area contributed by atoms with Gasteiger partial charge in [0.2, 0.25) is 0 Å². The molecule has 4 heteroatoms. The Morgan fingerprint density at radius 2 is 1.76 bits per heavy atom. The van der Waals surface area contributed by atoms with Gasteiger partial charge >= 0.3 is 0 Å². The van der Waals surface area contributed by atoms with Gasteiger partial charge in [-0.25, -0.2) is 0 Å². The molecule has 0 aliphatic heterocycles. The lowest BCUT2D eigenvalue weighted by molar-refractivity contribution is 0.112. The lowest BCUT2D eigenvalue weighted by Gasteiger charge is -2.39. The molecule has 1 aromatic rings. The van der Waals surface area contributed by atoms with Crippen molar-refractivity contribution in [1.82, 2.24) is 4.90 Å². The molecule has 1 atom stereocenters. The monoisotopic (exact) mass is 330 g/mol. The molecule has 1 unspecified atom stereocenters. The fourth-order valence-electron chi connectivity index (χ4n) is 2.92. The number of benzene rings is 1. The molecule has 120 valence electrons. The van der Waals surface area contributed by atoms with Gasteiger partial charge in [-0.05, 0) is 36.5 Å². The number of hydrogen-bond donors (Lipinski definition) is 1. The summed E-state index contributed by atoms with van der Waals surface area (Å²) in [4.78, 5) is 2.51. The Morgan fingerprint density at radius 1 is 1.14 bits per heavy atom. The molecular weight excluding hydrogens is 303 g/mol. The molecule has 0 aromatic heterocycles. The summed E-state index contributed by atoms with van der Waals surface area (Å²) in [6.07, 6.45) is 2.23. The van der Waals surface area contributed by atoms with Gasteiger partial charge in [0.15, 0.2) is 0 Å². The Kier molecular flexibility index (Phi) is 8.04. The molecule has 2 N–H and O–H groups in total. The zero-order valence-corrected chi connectivity index (χ0v) is 15.1. The molecule has 0 bridgehead atoms. The molecule has 0 saturated heterocycles. The predicted octanol–water partition coefficient (Wildman–Crippen LogP) is 5.14. The first-order valence-corrected chi connectivity index (χ1v) is 8.60. The zero-order chi connectivity index (χ0) is 16.0. The second-order valence-corrected chi connectivity index (χ2v) is 6.82. The maximum Gasteiger partial charge on any atom is 0.0488 e. The van der Waals surface area contributed by atoms with Crippen molar-refractivity contribution in [2.24, 2.45) is 11.7 Å². The van der Waals surface area contributed by atoms with E-state index in [9.17, 15) is 0 Å². The molecule has 0 fully saturated rings. The lowest BCUT2D eigenvalue weighted by Crippen LogP contribution is -2.43. The Hall–Kier alpha value is -0.280. The predicted molar refractivity (Wildman–Crippen MR) is 94.2 cm³/mol. The van der Waals surface area contributed by atoms with Gasteiger partial charge in [0, 0.05) is 35.2 Å². The third kappa shape index (κ3) is 5.14. The van der Waals surface area contributed by atoms with E-state index in [1.807, 2.05) is 18.2 Å². The summed E-state index contributed by atoms with van der Waals surface area (Å²) >= 11 is 12.4. The molecular formula is C17H28Cl2N2. The summed E-state index contributed by atoms with van der Waals surface area (Å²) in [6.45, 7) is 10.5. The van der Waals surface area contributed by atoms with Gasteiger partial charge in [-0.2, -0.15) is 0 Å². The van der Waals surface area contributed by atoms with E-state index in [1.165, 1.54) is 0 Å². The molecule has 0 radical (unpaired) electrons. The quantitative estimate of drug-likeness (QED) is 0.715. The van der Waals surface area contributed by atoms with E-state index in [0.717, 1.165) is 24.9 Å². The van der Waals surface area contributed by atoms with Crippen LogP contribution in [0.1, 0.15) is 52.1 Å². The Morgan fingerprint density at radius 3 is 2.19 bits per heavy atom. The highest BCUT2D eigenvalue weighted by Gasteiger charge is 2.26. The maximum absolute atomic E-state index is 6.41. The van der Waals surface area contributed by atoms with Crippen molar-refractivity contribution in [2.45, 2.75) is 52.6 Å². The molecule has 0 heterocycles. The van der Waals surface area contributed by atoms with E-state index in [-0.39, 0.29) is 6.04 Å². The first-order chi connectivity index (χ1) is 9.94. The first-order valence-electron chi connectivity index (χ1n) is 7.85. The number of halogens is 2. The molecule has 0 aliphatic carbocycles. The minimum absolute atomic E-state index is 0.141. The highest BCUT2D eigenvalue weighted by atomic mass is 35.5. The average molecular weight is 331 g/mol. The van der Waals surface area contributed by atoms with Crippen molar-refractivity contribution in [2.75, 3.05) is 13.1 Å². The van der Waals surface area contributed by atoms with Crippen molar-refractivity contribution in [3.05, 3.63) is 33.8 Å². The lowest BCUT2D eigenvalue weighted by atomic mass is 9.99. The fourth-order valence-corrected chi connectivity index (χ4v) is 3.46. The number of hydrogen-bond acceptors (Lipinski definition) is 2. The fraction of sp³-hybridized carbons (Fsp3) is 0.647. The van der Waals surface area contributed by atoms with E-state index in [0.29, 0.717) is 28.5 Å². The molecule has 0 spiro atoms. The van der Waals surface area contributed by atoms with Gasteiger partial charge in [0.05, 0.1) is 0 Å². The average Bonchev–Trinajstić information content (AvgIpc) is 2.42. The van der Waals surface area contributed by atoms with E-state index in [1.54, 1.807) is 0 Å². The standard InChI is InChI=1S/C17H28Cl2N2/c1-5-14(6-2)21(11-12(3)4)17(10-20)15-8-7-13(18)9-16(15)19/h7-9,12,14,17H,5-6,10-11,20H2,1-4H3. The van der Waals surface area contributed by atoms with Crippen LogP contribution in [0.2, 0.25) is 10.0 Å². The maximum atomic E-state index is 6.41. The minimum Gasteiger partial charge on any atom is -0.329 e. The largest absolute Gasteiger partial charge is 0.329 e. The van der Waals surface area contributed by atoms with Crippen molar-refractivity contribution in [3.8, 4) is 0 Å². The van der Waals surface area contributed by atoms with Crippen LogP contribution >= 0.6 is 23.2 Å². The smallest absolute Gasteiger partial charge is 0.0488 e. The van der Waals surface area contributed by atoms with E-state index >= 15 is 0 Å². The van der Waals surface area contributed by atoms with Crippen molar-refractivity contribution in [3.63, 3.8) is 0 Å². The topological polar surface area (TPSA) is 29.3 Å². The third-order valence-electron chi connectivity index (χ3n) is 3.93. The summed E-state index contributed by atoms with van der Waals surface area (Å²) < 4.78 is 0. The Bertz CT molecular complexity index is 431. The van der Waals surface area contributed by atoms with Crippen LogP contribution in [-0.4, -0.2) is 24.0 Å². The summed E-state index contributed by atoms with van der Waals surface area (Å²) in [5.41, 5.74) is 7.18. The normalized spacial score (nSPS) is 13.4. The molecule has 21 heavy (non-hydrogen) atoms. The van der Waals surface area contributed by atoms with Crippen LogP contribution in [0.5, 0.6) is 0 Å². The van der Waals surface area contributed by atoms with Gasteiger partial charge in [0.25, 0.3) is 0 Å². The number of nitrogens with two attached hydrogens (primary N) is 1. The second kappa shape index (κ2) is 8.99. The zero-order valence-electron chi connectivity index (χ0n) is 13.6. The molecule has 2 nitrogen and oxygen atoms in total. The van der Waals surface area contributed by atoms with Gasteiger partial charge < -0.3 is 5.73 Å². The summed E-state index contributed by atoms with van der Waals surface area (Å²) in [7, 11) is 0. The number of rotatable bonds is 8. The van der Waals surface area contributed by atoms with Gasteiger partial charge in [-0.3, -0.25) is 4.90 Å². The minimum atomic E-state index is 0.141. The Labute approximate surface area is 139 Å². The van der Waals surface area contributed by atoms with E-state index in [2.05, 4.69) is 32.6 Å². The van der Waals surface area contributed by atoms with Crippen LogP contribution in [0.3, 0.4) is 0 Å². The molecule has 1 rings (SSSR count). The molecule has 0 saturated carbocycles. The number of nitrogens with zero attached hydrogens (tertiary/aromatic N) is 1. The summed E-state index contributed by atoms with van der Waals surface area (Å²) in [5.74, 6) is 0.589. The second-order valence-electron chi connectivity index (χ2n) is 5.98. The van der Waals surface area contributed by atoms with Crippen LogP contribution in [0.4, 0.5) is 0 Å². The van der Waals surface area contributed by atoms with E-state index in [4.69, 9.17) is 28.9 Å². The highest BCUT2D eigenvalue weighted by Crippen LogP contribution is 2.32. The van der Waals surface area contributed by atoms with Crippen LogP contribution < -0.4 is 5.73 Å². The van der Waals surface area contributed by atoms with Crippen LogP contribution in [0.15, 0.2) is 18.2 Å². The Balaban J connectivity index is 3.16. The van der Waals surface area contributed by atoms with Gasteiger partial charge in [-0.15, -0.1) is 0 Å². The van der Waals surface area contributed by atoms with Gasteiger partial charge in [-0.1, -0.05) is 57.0 Å². The van der Waals surface area contributed by atoms with Crippen LogP contribution in [-0.2, 0) is 0 Å². The van der Waals surface area contributed by atoms with E-state index < -0.39 is 0 Å². The van der Waals surface area contributed by atoms with Crippen molar-refractivity contribution < 1.29 is 0 Å². The van der Waals surface area contributed by atoms with Crippen molar-refractivity contribution >= 4 is 23.2 Å². The first kappa shape index (κ1) is 18.8. The van der Waals surface area contributed by atoms with Crippen LogP contribution in [0, 0.1) is 5.92 Å². The summed E-state index contributed by atoms with van der Waals surface area (Å²) in [5, 5.41) is 1.37. The van der Waals surface area contributed by atoms with Crippen molar-refractivity contribution in [1.29, 1.82) is 0 Å². The molecule has 1 aromatic carbocycles. The third-order valence-corrected chi connectivity index (χ3v) is 4.49. The summed E-state index contributed by atoms with van der Waals surface area (Å²) in [6, 6.07) is 6.38. The molecule has 0 aliphatic rings. The molecule has 0 amide bonds.